The van der Waals surface area contributed by atoms with Crippen LogP contribution in [0.2, 0.25) is 0 Å². The minimum atomic E-state index is 0.324. The first kappa shape index (κ1) is 15.6. The molecule has 0 unspecified atom stereocenters. The van der Waals surface area contributed by atoms with Crippen LogP contribution < -0.4 is 5.32 Å². The second-order valence-electron chi connectivity index (χ2n) is 5.99. The van der Waals surface area contributed by atoms with Crippen molar-refractivity contribution >= 4 is 0 Å². The molecule has 0 amide bonds. The normalized spacial score (nSPS) is 13.6. The topological polar surface area (TPSA) is 29.8 Å². The van der Waals surface area contributed by atoms with Gasteiger partial charge in [-0.3, -0.25) is 0 Å². The van der Waals surface area contributed by atoms with Gasteiger partial charge in [0, 0.05) is 17.9 Å². The predicted molar refractivity (Wildman–Crippen MR) is 93.3 cm³/mol. The van der Waals surface area contributed by atoms with Gasteiger partial charge in [0.05, 0.1) is 12.8 Å². The van der Waals surface area contributed by atoms with Crippen molar-refractivity contribution in [2.45, 2.75) is 25.3 Å². The summed E-state index contributed by atoms with van der Waals surface area (Å²) in [6.07, 6.45) is 2.83. The summed E-state index contributed by atoms with van der Waals surface area (Å²) in [6.45, 7) is 3.33. The Morgan fingerprint density at radius 2 is 1.48 bits per heavy atom. The second kappa shape index (κ2) is 7.80. The third-order valence-electron chi connectivity index (χ3n) is 4.39. The van der Waals surface area contributed by atoms with E-state index in [1.54, 1.807) is 6.26 Å². The van der Waals surface area contributed by atoms with Crippen LogP contribution in [0.15, 0.2) is 83.5 Å². The Balaban J connectivity index is 1.64. The van der Waals surface area contributed by atoms with Gasteiger partial charge in [-0.05, 0) is 24.6 Å². The number of furan rings is 1. The zero-order valence-electron chi connectivity index (χ0n) is 13.6. The Bertz CT molecular complexity index is 676. The molecule has 0 aliphatic heterocycles. The zero-order chi connectivity index (χ0) is 15.9. The molecule has 0 aliphatic carbocycles. The molecule has 2 heteroatoms. The number of quaternary nitrogens is 1. The second-order valence-corrected chi connectivity index (χ2v) is 5.99. The predicted octanol–water partition coefficient (Wildman–Crippen LogP) is 4.13. The Morgan fingerprint density at radius 1 is 0.826 bits per heavy atom. The zero-order valence-corrected chi connectivity index (χ0v) is 13.6. The van der Waals surface area contributed by atoms with Crippen LogP contribution >= 0.6 is 0 Å². The van der Waals surface area contributed by atoms with Crippen molar-refractivity contribution in [1.82, 2.24) is 0 Å². The lowest BCUT2D eigenvalue weighted by Crippen LogP contribution is -2.84. The molecule has 0 aliphatic rings. The van der Waals surface area contributed by atoms with Gasteiger partial charge in [-0.25, -0.2) is 0 Å². The largest absolute Gasteiger partial charge is 0.469 e. The van der Waals surface area contributed by atoms with Crippen molar-refractivity contribution in [2.24, 2.45) is 0 Å². The minimum Gasteiger partial charge on any atom is -0.469 e. The van der Waals surface area contributed by atoms with Crippen LogP contribution in [0.4, 0.5) is 0 Å². The van der Waals surface area contributed by atoms with Gasteiger partial charge in [-0.15, -0.1) is 0 Å². The fourth-order valence-electron chi connectivity index (χ4n) is 3.05. The van der Waals surface area contributed by atoms with Gasteiger partial charge in [0.1, 0.15) is 11.8 Å². The van der Waals surface area contributed by atoms with Gasteiger partial charge in [-0.2, -0.15) is 0 Å². The Labute approximate surface area is 138 Å². The van der Waals surface area contributed by atoms with Crippen molar-refractivity contribution in [3.05, 3.63) is 95.9 Å². The maximum absolute atomic E-state index is 5.68. The van der Waals surface area contributed by atoms with E-state index in [0.717, 1.165) is 18.7 Å². The first-order valence-corrected chi connectivity index (χ1v) is 8.31. The summed E-state index contributed by atoms with van der Waals surface area (Å²) in [5, 5.41) is 2.41. The summed E-state index contributed by atoms with van der Waals surface area (Å²) >= 11 is 0. The summed E-state index contributed by atoms with van der Waals surface area (Å²) < 4.78 is 5.68. The van der Waals surface area contributed by atoms with Crippen molar-refractivity contribution < 1.29 is 9.73 Å². The molecule has 0 fully saturated rings. The van der Waals surface area contributed by atoms with Crippen LogP contribution in [-0.4, -0.2) is 6.54 Å². The lowest BCUT2D eigenvalue weighted by atomic mass is 9.93. The minimum absolute atomic E-state index is 0.324. The standard InChI is InChI=1S/C21H23NO/c1-17(18-9-4-2-5-10-18)22-15-14-20(21-13-8-16-23-21)19-11-6-3-7-12-19/h2-13,16-17,20,22H,14-15H2,1H3/p+1/t17-,20+/m1/s1. The Kier molecular flexibility index (Phi) is 5.28. The molecule has 3 rings (SSSR count). The first-order valence-electron chi connectivity index (χ1n) is 8.31. The van der Waals surface area contributed by atoms with E-state index in [-0.39, 0.29) is 0 Å². The monoisotopic (exact) mass is 306 g/mol. The van der Waals surface area contributed by atoms with Crippen molar-refractivity contribution in [1.29, 1.82) is 0 Å². The third kappa shape index (κ3) is 4.11. The van der Waals surface area contributed by atoms with Gasteiger partial charge >= 0.3 is 0 Å². The van der Waals surface area contributed by atoms with Crippen molar-refractivity contribution in [2.75, 3.05) is 6.54 Å². The van der Waals surface area contributed by atoms with Gasteiger partial charge in [0.25, 0.3) is 0 Å². The van der Waals surface area contributed by atoms with Crippen LogP contribution in [-0.2, 0) is 0 Å². The highest BCUT2D eigenvalue weighted by molar-refractivity contribution is 5.27. The smallest absolute Gasteiger partial charge is 0.111 e. The van der Waals surface area contributed by atoms with E-state index in [0.29, 0.717) is 12.0 Å². The van der Waals surface area contributed by atoms with Crippen LogP contribution in [0.1, 0.15) is 42.2 Å². The van der Waals surface area contributed by atoms with Gasteiger partial charge in [0.15, 0.2) is 0 Å². The highest BCUT2D eigenvalue weighted by Crippen LogP contribution is 2.27. The molecule has 2 atom stereocenters. The summed E-state index contributed by atoms with van der Waals surface area (Å²) in [7, 11) is 0. The Morgan fingerprint density at radius 3 is 2.09 bits per heavy atom. The van der Waals surface area contributed by atoms with Crippen LogP contribution in [0.25, 0.3) is 0 Å². The molecule has 3 aromatic rings. The van der Waals surface area contributed by atoms with Crippen LogP contribution in [0, 0.1) is 0 Å². The van der Waals surface area contributed by atoms with Gasteiger partial charge < -0.3 is 9.73 Å². The maximum atomic E-state index is 5.68. The van der Waals surface area contributed by atoms with E-state index >= 15 is 0 Å². The molecule has 1 heterocycles. The quantitative estimate of drug-likeness (QED) is 0.699. The lowest BCUT2D eigenvalue weighted by Gasteiger charge is -2.16. The van der Waals surface area contributed by atoms with E-state index in [1.807, 2.05) is 6.07 Å². The lowest BCUT2D eigenvalue weighted by molar-refractivity contribution is -0.693. The molecule has 0 saturated carbocycles. The first-order chi connectivity index (χ1) is 11.3. The van der Waals surface area contributed by atoms with Crippen LogP contribution in [0.5, 0.6) is 0 Å². The highest BCUT2D eigenvalue weighted by atomic mass is 16.3. The average Bonchev–Trinajstić information content (AvgIpc) is 3.14. The van der Waals surface area contributed by atoms with E-state index in [4.69, 9.17) is 4.42 Å². The molecule has 0 bridgehead atoms. The summed E-state index contributed by atoms with van der Waals surface area (Å²) in [4.78, 5) is 0. The summed E-state index contributed by atoms with van der Waals surface area (Å²) in [5.41, 5.74) is 2.70. The molecule has 2 nitrogen and oxygen atoms in total. The molecule has 23 heavy (non-hydrogen) atoms. The van der Waals surface area contributed by atoms with Crippen molar-refractivity contribution in [3.63, 3.8) is 0 Å². The molecular formula is C21H24NO+. The van der Waals surface area contributed by atoms with E-state index in [2.05, 4.69) is 79.0 Å². The third-order valence-corrected chi connectivity index (χ3v) is 4.39. The number of rotatable bonds is 7. The van der Waals surface area contributed by atoms with E-state index in [1.165, 1.54) is 11.1 Å². The van der Waals surface area contributed by atoms with E-state index in [9.17, 15) is 0 Å². The fourth-order valence-corrected chi connectivity index (χ4v) is 3.05. The number of nitrogens with two attached hydrogens (primary N) is 1. The highest BCUT2D eigenvalue weighted by Gasteiger charge is 2.18. The number of benzene rings is 2. The average molecular weight is 306 g/mol. The molecule has 118 valence electrons. The van der Waals surface area contributed by atoms with E-state index < -0.39 is 0 Å². The molecule has 2 N–H and O–H groups in total. The van der Waals surface area contributed by atoms with Gasteiger partial charge in [0.2, 0.25) is 0 Å². The molecule has 0 spiro atoms. The SMILES string of the molecule is C[C@@H]([NH2+]CC[C@@H](c1ccccc1)c1ccco1)c1ccccc1. The molecule has 2 aromatic carbocycles. The molecular weight excluding hydrogens is 282 g/mol. The maximum Gasteiger partial charge on any atom is 0.111 e. The number of hydrogen-bond acceptors (Lipinski definition) is 1. The van der Waals surface area contributed by atoms with Crippen molar-refractivity contribution in [3.8, 4) is 0 Å². The Hall–Kier alpha value is -2.32. The number of hydrogen-bond donors (Lipinski definition) is 1. The summed E-state index contributed by atoms with van der Waals surface area (Å²) in [6, 6.07) is 25.8. The van der Waals surface area contributed by atoms with Crippen LogP contribution in [0.3, 0.4) is 0 Å². The summed E-state index contributed by atoms with van der Waals surface area (Å²) in [5.74, 6) is 1.38. The fraction of sp³-hybridized carbons (Fsp3) is 0.238. The van der Waals surface area contributed by atoms with Gasteiger partial charge in [-0.1, -0.05) is 60.7 Å². The molecule has 1 aromatic heterocycles. The molecule has 0 radical (unpaired) electrons. The molecule has 0 saturated heterocycles.